The van der Waals surface area contributed by atoms with E-state index in [0.717, 1.165) is 83.5 Å². The van der Waals surface area contributed by atoms with Gasteiger partial charge in [-0.1, -0.05) is 240 Å². The van der Waals surface area contributed by atoms with Gasteiger partial charge in [-0.2, -0.15) is 0 Å². The summed E-state index contributed by atoms with van der Waals surface area (Å²) in [6.07, 6.45) is 74.1. The average Bonchev–Trinajstić information content (AvgIpc) is 3.29. The van der Waals surface area contributed by atoms with Crippen LogP contribution >= 0.6 is 0 Å². The highest BCUT2D eigenvalue weighted by molar-refractivity contribution is 5.70. The first-order chi connectivity index (χ1) is 31.1. The molecule has 0 amide bonds. The van der Waals surface area contributed by atoms with Crippen molar-refractivity contribution in [2.24, 2.45) is 0 Å². The van der Waals surface area contributed by atoms with Crippen LogP contribution in [0.5, 0.6) is 0 Å². The van der Waals surface area contributed by atoms with Gasteiger partial charge in [0.25, 0.3) is 0 Å². The normalized spacial score (nSPS) is 12.9. The Morgan fingerprint density at radius 3 is 1.03 bits per heavy atom. The van der Waals surface area contributed by atoms with Crippen LogP contribution in [0.3, 0.4) is 0 Å². The minimum atomic E-state index is -0.779. The van der Waals surface area contributed by atoms with E-state index >= 15 is 0 Å². The van der Waals surface area contributed by atoms with Crippen LogP contribution in [-0.4, -0.2) is 36.4 Å². The quantitative estimate of drug-likeness (QED) is 0.0374. The summed E-state index contributed by atoms with van der Waals surface area (Å²) in [5.74, 6) is -0.603. The highest BCUT2D eigenvalue weighted by Gasteiger charge is 2.16. The van der Waals surface area contributed by atoms with Gasteiger partial charge < -0.3 is 14.6 Å². The van der Waals surface area contributed by atoms with Gasteiger partial charge in [-0.15, -0.1) is 0 Å². The molecule has 0 aliphatic carbocycles. The number of esters is 2. The minimum absolute atomic E-state index is 0.0735. The van der Waals surface area contributed by atoms with E-state index in [0.29, 0.717) is 12.8 Å². The fraction of sp³-hybridized carbons (Fsp3) is 0.724. The third-order valence-corrected chi connectivity index (χ3v) is 11.4. The molecule has 0 spiro atoms. The lowest BCUT2D eigenvalue weighted by molar-refractivity contribution is -0.161. The zero-order valence-electron chi connectivity index (χ0n) is 41.3. The molecule has 1 unspecified atom stereocenters. The summed E-state index contributed by atoms with van der Waals surface area (Å²) in [6, 6.07) is 0. The van der Waals surface area contributed by atoms with Crippen LogP contribution in [0.2, 0.25) is 0 Å². The first-order valence-electron chi connectivity index (χ1n) is 26.6. The SMILES string of the molecule is CC/C=C\C/C=C\C/C=C\C/C=C\C/C=C\CCCCCCCCCCCCCCCCCCCCCC(=O)OC(CO)COC(=O)CCCCCCC/C=C\C/C=C\CCCC. The molecule has 0 heterocycles. The van der Waals surface area contributed by atoms with E-state index in [1.54, 1.807) is 0 Å². The Hall–Kier alpha value is -2.92. The van der Waals surface area contributed by atoms with Gasteiger partial charge in [0.2, 0.25) is 0 Å². The van der Waals surface area contributed by atoms with E-state index < -0.39 is 6.10 Å². The second-order valence-electron chi connectivity index (χ2n) is 17.6. The Morgan fingerprint density at radius 2 is 0.683 bits per heavy atom. The van der Waals surface area contributed by atoms with E-state index in [4.69, 9.17) is 9.47 Å². The molecule has 0 bridgehead atoms. The summed E-state index contributed by atoms with van der Waals surface area (Å²) in [4.78, 5) is 24.4. The molecule has 0 aromatic heterocycles. The predicted molar refractivity (Wildman–Crippen MR) is 274 cm³/mol. The summed E-state index contributed by atoms with van der Waals surface area (Å²) in [5.41, 5.74) is 0. The molecule has 0 aliphatic rings. The molecule has 0 radical (unpaired) electrons. The largest absolute Gasteiger partial charge is 0.462 e. The number of carbonyl (C=O) groups is 2. The smallest absolute Gasteiger partial charge is 0.306 e. The van der Waals surface area contributed by atoms with Crippen LogP contribution in [0.25, 0.3) is 0 Å². The molecule has 0 aromatic rings. The Labute approximate surface area is 390 Å². The van der Waals surface area contributed by atoms with E-state index in [2.05, 4.69) is 98.9 Å². The molecule has 362 valence electrons. The third-order valence-electron chi connectivity index (χ3n) is 11.4. The van der Waals surface area contributed by atoms with Gasteiger partial charge in [0, 0.05) is 12.8 Å². The molecule has 0 fully saturated rings. The van der Waals surface area contributed by atoms with Crippen LogP contribution < -0.4 is 0 Å². The molecule has 0 aromatic carbocycles. The number of ether oxygens (including phenoxy) is 2. The van der Waals surface area contributed by atoms with Gasteiger partial charge >= 0.3 is 11.9 Å². The summed E-state index contributed by atoms with van der Waals surface area (Å²) >= 11 is 0. The van der Waals surface area contributed by atoms with Crippen molar-refractivity contribution in [3.8, 4) is 0 Å². The van der Waals surface area contributed by atoms with E-state index in [-0.39, 0.29) is 25.2 Å². The molecule has 0 saturated heterocycles. The number of unbranched alkanes of at least 4 members (excludes halogenated alkanes) is 26. The number of rotatable bonds is 48. The minimum Gasteiger partial charge on any atom is -0.462 e. The van der Waals surface area contributed by atoms with Crippen molar-refractivity contribution in [1.82, 2.24) is 0 Å². The van der Waals surface area contributed by atoms with Crippen LogP contribution in [-0.2, 0) is 19.1 Å². The van der Waals surface area contributed by atoms with Crippen molar-refractivity contribution in [2.45, 2.75) is 258 Å². The van der Waals surface area contributed by atoms with Crippen LogP contribution in [0.4, 0.5) is 0 Å². The van der Waals surface area contributed by atoms with Crippen molar-refractivity contribution in [2.75, 3.05) is 13.2 Å². The van der Waals surface area contributed by atoms with E-state index in [9.17, 15) is 14.7 Å². The number of allylic oxidation sites excluding steroid dienone is 14. The monoisotopic (exact) mass is 877 g/mol. The first kappa shape index (κ1) is 60.1. The maximum absolute atomic E-state index is 12.3. The molecule has 1 atom stereocenters. The van der Waals surface area contributed by atoms with Crippen LogP contribution in [0.1, 0.15) is 251 Å². The lowest BCUT2D eigenvalue weighted by atomic mass is 10.0. The number of aliphatic hydroxyl groups is 1. The first-order valence-corrected chi connectivity index (χ1v) is 26.6. The highest BCUT2D eigenvalue weighted by Crippen LogP contribution is 2.16. The molecule has 1 N–H and O–H groups in total. The van der Waals surface area contributed by atoms with Gasteiger partial charge in [0.05, 0.1) is 6.61 Å². The third kappa shape index (κ3) is 51.6. The summed E-state index contributed by atoms with van der Waals surface area (Å²) in [7, 11) is 0. The van der Waals surface area contributed by atoms with Crippen molar-refractivity contribution in [3.63, 3.8) is 0 Å². The Kier molecular flexibility index (Phi) is 50.9. The Balaban J connectivity index is 3.46. The average molecular weight is 877 g/mol. The zero-order chi connectivity index (χ0) is 45.6. The molecule has 0 saturated carbocycles. The summed E-state index contributed by atoms with van der Waals surface area (Å²) < 4.78 is 10.7. The molecule has 0 aliphatic heterocycles. The fourth-order valence-corrected chi connectivity index (χ4v) is 7.42. The predicted octanol–water partition coefficient (Wildman–Crippen LogP) is 17.8. The Bertz CT molecular complexity index is 1170. The van der Waals surface area contributed by atoms with Crippen LogP contribution in [0.15, 0.2) is 85.1 Å². The van der Waals surface area contributed by atoms with Gasteiger partial charge in [-0.25, -0.2) is 0 Å². The zero-order valence-corrected chi connectivity index (χ0v) is 41.3. The van der Waals surface area contributed by atoms with Crippen molar-refractivity contribution in [1.29, 1.82) is 0 Å². The number of carbonyl (C=O) groups excluding carboxylic acids is 2. The van der Waals surface area contributed by atoms with Crippen molar-refractivity contribution in [3.05, 3.63) is 85.1 Å². The number of hydrogen-bond acceptors (Lipinski definition) is 5. The van der Waals surface area contributed by atoms with Crippen molar-refractivity contribution < 1.29 is 24.2 Å². The van der Waals surface area contributed by atoms with Crippen LogP contribution in [0, 0.1) is 0 Å². The lowest BCUT2D eigenvalue weighted by Crippen LogP contribution is -2.28. The van der Waals surface area contributed by atoms with E-state index in [1.165, 1.54) is 141 Å². The van der Waals surface area contributed by atoms with E-state index in [1.807, 2.05) is 0 Å². The number of hydrogen-bond donors (Lipinski definition) is 1. The topological polar surface area (TPSA) is 72.8 Å². The van der Waals surface area contributed by atoms with Crippen molar-refractivity contribution >= 4 is 11.9 Å². The van der Waals surface area contributed by atoms with Gasteiger partial charge in [-0.3, -0.25) is 9.59 Å². The summed E-state index contributed by atoms with van der Waals surface area (Å²) in [5, 5.41) is 9.61. The molecule has 5 nitrogen and oxygen atoms in total. The second-order valence-corrected chi connectivity index (χ2v) is 17.6. The number of aliphatic hydroxyl groups excluding tert-OH is 1. The fourth-order valence-electron chi connectivity index (χ4n) is 7.42. The Morgan fingerprint density at radius 1 is 0.381 bits per heavy atom. The second kappa shape index (κ2) is 53.4. The summed E-state index contributed by atoms with van der Waals surface area (Å²) in [6.45, 7) is 3.98. The standard InChI is InChI=1S/C58H100O5/c1-3-5-7-9-11-13-15-17-19-20-21-22-23-24-25-26-27-28-29-30-31-32-33-34-35-36-37-38-39-41-43-45-47-49-51-53-58(61)63-56(54-59)55-62-57(60)52-50-48-46-44-42-40-18-16-14-12-10-8-6-4-2/h5,7,10-13,16-19,21-22,24-25,56,59H,3-4,6,8-9,14-15,20,23,26-55H2,1-2H3/b7-5-,12-10-,13-11-,18-16-,19-17-,22-21-,25-24-. The highest BCUT2D eigenvalue weighted by atomic mass is 16.6. The molecular weight excluding hydrogens is 777 g/mol. The maximum Gasteiger partial charge on any atom is 0.306 e. The molecular formula is C58H100O5. The lowest BCUT2D eigenvalue weighted by Gasteiger charge is -2.15. The van der Waals surface area contributed by atoms with Gasteiger partial charge in [-0.05, 0) is 83.5 Å². The van der Waals surface area contributed by atoms with Gasteiger partial charge in [0.15, 0.2) is 6.10 Å². The molecule has 63 heavy (non-hydrogen) atoms. The molecule has 0 rings (SSSR count). The van der Waals surface area contributed by atoms with Gasteiger partial charge in [0.1, 0.15) is 6.61 Å². The molecule has 5 heteroatoms. The maximum atomic E-state index is 12.3.